The van der Waals surface area contributed by atoms with Crippen LogP contribution in [0.15, 0.2) is 0 Å². The number of hydrogen-bond donors (Lipinski definition) is 1. The fraction of sp³-hybridized carbons (Fsp3) is 1.00. The first-order valence-electron chi connectivity index (χ1n) is 6.12. The molecule has 2 heteroatoms. The summed E-state index contributed by atoms with van der Waals surface area (Å²) in [6, 6.07) is 0. The molecule has 0 atom stereocenters. The first kappa shape index (κ1) is 13.9. The van der Waals surface area contributed by atoms with E-state index in [4.69, 9.17) is 10.5 Å². The largest absolute Gasteiger partial charge is 0.380 e. The van der Waals surface area contributed by atoms with Gasteiger partial charge in [0.1, 0.15) is 0 Å². The van der Waals surface area contributed by atoms with Gasteiger partial charge in [-0.05, 0) is 18.8 Å². The van der Waals surface area contributed by atoms with Crippen LogP contribution in [0.4, 0.5) is 0 Å². The van der Waals surface area contributed by atoms with Gasteiger partial charge in [0.25, 0.3) is 0 Å². The molecule has 0 unspecified atom stereocenters. The van der Waals surface area contributed by atoms with Crippen LogP contribution in [-0.4, -0.2) is 19.8 Å². The van der Waals surface area contributed by atoms with Crippen molar-refractivity contribution < 1.29 is 4.74 Å². The summed E-state index contributed by atoms with van der Waals surface area (Å²) in [4.78, 5) is 0. The Bertz CT molecular complexity index is 98.5. The lowest BCUT2D eigenvalue weighted by atomic mass is 9.97. The van der Waals surface area contributed by atoms with E-state index in [2.05, 4.69) is 13.8 Å². The van der Waals surface area contributed by atoms with E-state index in [1.807, 2.05) is 0 Å². The van der Waals surface area contributed by atoms with Crippen molar-refractivity contribution >= 4 is 0 Å². The van der Waals surface area contributed by atoms with Crippen LogP contribution < -0.4 is 5.73 Å². The van der Waals surface area contributed by atoms with E-state index in [-0.39, 0.29) is 0 Å². The van der Waals surface area contributed by atoms with E-state index in [0.717, 1.165) is 19.1 Å². The van der Waals surface area contributed by atoms with Gasteiger partial charge in [-0.15, -0.1) is 0 Å². The van der Waals surface area contributed by atoms with E-state index in [1.165, 1.54) is 38.5 Å². The van der Waals surface area contributed by atoms with Crippen LogP contribution in [0.2, 0.25) is 0 Å². The summed E-state index contributed by atoms with van der Waals surface area (Å²) < 4.78 is 5.51. The van der Waals surface area contributed by atoms with Gasteiger partial charge in [0.05, 0.1) is 6.61 Å². The number of rotatable bonds is 10. The van der Waals surface area contributed by atoms with Crippen molar-refractivity contribution in [3.8, 4) is 0 Å². The Morgan fingerprint density at radius 1 is 1.07 bits per heavy atom. The highest BCUT2D eigenvalue weighted by Crippen LogP contribution is 2.16. The second-order valence-corrected chi connectivity index (χ2v) is 4.01. The third-order valence-corrected chi connectivity index (χ3v) is 2.55. The predicted molar refractivity (Wildman–Crippen MR) is 62.4 cm³/mol. The molecule has 0 saturated carbocycles. The van der Waals surface area contributed by atoms with Crippen molar-refractivity contribution in [1.29, 1.82) is 0 Å². The first-order chi connectivity index (χ1) is 6.85. The molecule has 14 heavy (non-hydrogen) atoms. The Balaban J connectivity index is 3.49. The third-order valence-electron chi connectivity index (χ3n) is 2.55. The minimum Gasteiger partial charge on any atom is -0.380 e. The summed E-state index contributed by atoms with van der Waals surface area (Å²) in [7, 11) is 0. The van der Waals surface area contributed by atoms with E-state index >= 15 is 0 Å². The zero-order valence-corrected chi connectivity index (χ0v) is 9.93. The molecule has 0 spiro atoms. The standard InChI is InChI=1S/C12H27NO/c1-3-5-7-12(8-6-4-2)11-14-10-9-13/h12H,3-11,13H2,1-2H3. The summed E-state index contributed by atoms with van der Waals surface area (Å²) in [5.74, 6) is 0.765. The SMILES string of the molecule is CCCCC(CCCC)COCCN. The maximum absolute atomic E-state index is 5.51. The van der Waals surface area contributed by atoms with Crippen molar-refractivity contribution in [3.05, 3.63) is 0 Å². The Hall–Kier alpha value is -0.0800. The van der Waals surface area contributed by atoms with Gasteiger partial charge < -0.3 is 10.5 Å². The van der Waals surface area contributed by atoms with Gasteiger partial charge in [-0.25, -0.2) is 0 Å². The Kier molecular flexibility index (Phi) is 10.9. The lowest BCUT2D eigenvalue weighted by Crippen LogP contribution is -2.15. The lowest BCUT2D eigenvalue weighted by molar-refractivity contribution is 0.0971. The van der Waals surface area contributed by atoms with Crippen LogP contribution in [-0.2, 0) is 4.74 Å². The van der Waals surface area contributed by atoms with E-state index in [0.29, 0.717) is 6.54 Å². The van der Waals surface area contributed by atoms with Gasteiger partial charge in [-0.2, -0.15) is 0 Å². The molecule has 0 aromatic heterocycles. The number of unbranched alkanes of at least 4 members (excludes halogenated alkanes) is 2. The second kappa shape index (κ2) is 11.0. The first-order valence-corrected chi connectivity index (χ1v) is 6.12. The highest BCUT2D eigenvalue weighted by atomic mass is 16.5. The zero-order valence-electron chi connectivity index (χ0n) is 9.93. The number of ether oxygens (including phenoxy) is 1. The van der Waals surface area contributed by atoms with Gasteiger partial charge >= 0.3 is 0 Å². The normalized spacial score (nSPS) is 11.1. The molecule has 0 aromatic rings. The van der Waals surface area contributed by atoms with Gasteiger partial charge in [0.15, 0.2) is 0 Å². The summed E-state index contributed by atoms with van der Waals surface area (Å²) >= 11 is 0. The molecule has 0 aromatic carbocycles. The molecule has 0 aliphatic heterocycles. The van der Waals surface area contributed by atoms with Crippen molar-refractivity contribution in [2.45, 2.75) is 52.4 Å². The minimum atomic E-state index is 0.647. The zero-order chi connectivity index (χ0) is 10.6. The quantitative estimate of drug-likeness (QED) is 0.552. The van der Waals surface area contributed by atoms with Gasteiger partial charge in [0.2, 0.25) is 0 Å². The molecular weight excluding hydrogens is 174 g/mol. The lowest BCUT2D eigenvalue weighted by Gasteiger charge is -2.16. The van der Waals surface area contributed by atoms with Crippen molar-refractivity contribution in [2.75, 3.05) is 19.8 Å². The van der Waals surface area contributed by atoms with Crippen LogP contribution in [0.3, 0.4) is 0 Å². The summed E-state index contributed by atoms with van der Waals surface area (Å²) in [5.41, 5.74) is 5.39. The predicted octanol–water partition coefficient (Wildman–Crippen LogP) is 2.96. The fourth-order valence-corrected chi connectivity index (χ4v) is 1.63. The summed E-state index contributed by atoms with van der Waals surface area (Å²) in [5, 5.41) is 0. The third kappa shape index (κ3) is 8.52. The molecule has 0 saturated heterocycles. The monoisotopic (exact) mass is 201 g/mol. The highest BCUT2D eigenvalue weighted by molar-refractivity contribution is 4.58. The average Bonchev–Trinajstić information content (AvgIpc) is 2.21. The van der Waals surface area contributed by atoms with Crippen molar-refractivity contribution in [1.82, 2.24) is 0 Å². The van der Waals surface area contributed by atoms with Gasteiger partial charge in [-0.1, -0.05) is 39.5 Å². The van der Waals surface area contributed by atoms with E-state index < -0.39 is 0 Å². The van der Waals surface area contributed by atoms with Crippen LogP contribution >= 0.6 is 0 Å². The number of hydrogen-bond acceptors (Lipinski definition) is 2. The minimum absolute atomic E-state index is 0.647. The Morgan fingerprint density at radius 2 is 1.64 bits per heavy atom. The molecule has 2 N–H and O–H groups in total. The molecule has 2 nitrogen and oxygen atoms in total. The summed E-state index contributed by atoms with van der Waals surface area (Å²) in [6.45, 7) is 6.77. The topological polar surface area (TPSA) is 35.2 Å². The van der Waals surface area contributed by atoms with Gasteiger partial charge in [-0.3, -0.25) is 0 Å². The fourth-order valence-electron chi connectivity index (χ4n) is 1.63. The van der Waals surface area contributed by atoms with Crippen LogP contribution in [0, 0.1) is 5.92 Å². The van der Waals surface area contributed by atoms with E-state index in [9.17, 15) is 0 Å². The molecule has 0 fully saturated rings. The van der Waals surface area contributed by atoms with Crippen LogP contribution in [0.1, 0.15) is 52.4 Å². The molecule has 0 amide bonds. The van der Waals surface area contributed by atoms with E-state index in [1.54, 1.807) is 0 Å². The highest BCUT2D eigenvalue weighted by Gasteiger charge is 2.07. The molecule has 0 heterocycles. The second-order valence-electron chi connectivity index (χ2n) is 4.01. The Morgan fingerprint density at radius 3 is 2.07 bits per heavy atom. The van der Waals surface area contributed by atoms with Crippen LogP contribution in [0.25, 0.3) is 0 Å². The molecule has 0 aliphatic carbocycles. The summed E-state index contributed by atoms with van der Waals surface area (Å²) in [6.07, 6.45) is 7.89. The van der Waals surface area contributed by atoms with Crippen LogP contribution in [0.5, 0.6) is 0 Å². The van der Waals surface area contributed by atoms with Crippen molar-refractivity contribution in [3.63, 3.8) is 0 Å². The number of nitrogens with two attached hydrogens (primary N) is 1. The molecule has 86 valence electrons. The molecule has 0 rings (SSSR count). The van der Waals surface area contributed by atoms with Gasteiger partial charge in [0, 0.05) is 13.2 Å². The smallest absolute Gasteiger partial charge is 0.0588 e. The maximum Gasteiger partial charge on any atom is 0.0588 e. The average molecular weight is 201 g/mol. The molecule has 0 radical (unpaired) electrons. The Labute approximate surface area is 89.2 Å². The molecule has 0 aliphatic rings. The van der Waals surface area contributed by atoms with Crippen molar-refractivity contribution in [2.24, 2.45) is 11.7 Å². The molecular formula is C12H27NO. The molecule has 0 bridgehead atoms. The maximum atomic E-state index is 5.51.